The number of rotatable bonds is 5. The van der Waals surface area contributed by atoms with Crippen LogP contribution in [0.25, 0.3) is 0 Å². The monoisotopic (exact) mass is 294 g/mol. The van der Waals surface area contributed by atoms with E-state index in [2.05, 4.69) is 10.7 Å². The first-order chi connectivity index (χ1) is 10.1. The predicted octanol–water partition coefficient (Wildman–Crippen LogP) is 1.00. The Hall–Kier alpha value is -2.19. The molecule has 0 aliphatic carbocycles. The molecular formula is C13H18N4O4. The highest BCUT2D eigenvalue weighted by molar-refractivity contribution is 5.95. The van der Waals surface area contributed by atoms with Gasteiger partial charge in [-0.2, -0.15) is 0 Å². The first-order valence-corrected chi connectivity index (χ1v) is 6.77. The zero-order valence-electron chi connectivity index (χ0n) is 11.8. The molecule has 8 heteroatoms. The van der Waals surface area contributed by atoms with Gasteiger partial charge in [0.2, 0.25) is 0 Å². The molecule has 0 unspecified atom stereocenters. The summed E-state index contributed by atoms with van der Waals surface area (Å²) < 4.78 is 5.20. The lowest BCUT2D eigenvalue weighted by atomic mass is 10.1. The number of hydrazine groups is 1. The number of nitrogens with zero attached hydrogens (tertiary/aromatic N) is 2. The molecule has 1 fully saturated rings. The number of nitro groups is 1. The molecule has 8 nitrogen and oxygen atoms in total. The first-order valence-electron chi connectivity index (χ1n) is 6.77. The maximum atomic E-state index is 12.2. The molecular weight excluding hydrogens is 276 g/mol. The normalized spacial score (nSPS) is 15.5. The highest BCUT2D eigenvalue weighted by atomic mass is 16.6. The summed E-state index contributed by atoms with van der Waals surface area (Å²) in [6.45, 7) is 4.77. The molecule has 1 aromatic rings. The lowest BCUT2D eigenvalue weighted by Crippen LogP contribution is -2.48. The average Bonchev–Trinajstić information content (AvgIpc) is 2.48. The molecule has 114 valence electrons. The summed E-state index contributed by atoms with van der Waals surface area (Å²) in [5, 5.41) is 15.6. The van der Waals surface area contributed by atoms with Crippen LogP contribution in [0.1, 0.15) is 17.3 Å². The van der Waals surface area contributed by atoms with E-state index in [9.17, 15) is 14.9 Å². The van der Waals surface area contributed by atoms with Gasteiger partial charge in [0, 0.05) is 31.3 Å². The van der Waals surface area contributed by atoms with Crippen molar-refractivity contribution in [2.24, 2.45) is 0 Å². The minimum atomic E-state index is -0.471. The number of anilines is 1. The van der Waals surface area contributed by atoms with Crippen molar-refractivity contribution in [3.63, 3.8) is 0 Å². The maximum absolute atomic E-state index is 12.2. The van der Waals surface area contributed by atoms with E-state index in [1.807, 2.05) is 6.92 Å². The summed E-state index contributed by atoms with van der Waals surface area (Å²) in [6, 6.07) is 4.29. The molecule has 21 heavy (non-hydrogen) atoms. The summed E-state index contributed by atoms with van der Waals surface area (Å²) in [4.78, 5) is 22.6. The van der Waals surface area contributed by atoms with Crippen molar-refractivity contribution in [3.05, 3.63) is 33.9 Å². The molecule has 0 spiro atoms. The molecule has 1 heterocycles. The number of morpholine rings is 1. The number of carbonyl (C=O) groups is 1. The van der Waals surface area contributed by atoms with Crippen LogP contribution in [-0.2, 0) is 4.74 Å². The second kappa shape index (κ2) is 7.00. The fourth-order valence-corrected chi connectivity index (χ4v) is 2.05. The average molecular weight is 294 g/mol. The fraction of sp³-hybridized carbons (Fsp3) is 0.462. The number of hydrogen-bond donors (Lipinski definition) is 2. The summed E-state index contributed by atoms with van der Waals surface area (Å²) in [5.41, 5.74) is 3.45. The van der Waals surface area contributed by atoms with E-state index in [0.29, 0.717) is 44.1 Å². The van der Waals surface area contributed by atoms with Crippen LogP contribution in [-0.4, -0.2) is 48.7 Å². The second-order valence-electron chi connectivity index (χ2n) is 4.56. The van der Waals surface area contributed by atoms with Gasteiger partial charge in [-0.15, -0.1) is 0 Å². The van der Waals surface area contributed by atoms with Crippen molar-refractivity contribution in [1.29, 1.82) is 0 Å². The largest absolute Gasteiger partial charge is 0.380 e. The predicted molar refractivity (Wildman–Crippen MR) is 77.1 cm³/mol. The molecule has 1 saturated heterocycles. The number of carbonyl (C=O) groups excluding carboxylic acids is 1. The SMILES string of the molecule is CCNc1cc(C(=O)NN2CCOCC2)ccc1[N+](=O)[O-]. The van der Waals surface area contributed by atoms with Gasteiger partial charge < -0.3 is 10.1 Å². The third-order valence-corrected chi connectivity index (χ3v) is 3.09. The lowest BCUT2D eigenvalue weighted by Gasteiger charge is -2.26. The Kier molecular flexibility index (Phi) is 5.07. The molecule has 0 saturated carbocycles. The Morgan fingerprint density at radius 3 is 2.76 bits per heavy atom. The Morgan fingerprint density at radius 1 is 1.43 bits per heavy atom. The van der Waals surface area contributed by atoms with Gasteiger partial charge in [0.15, 0.2) is 0 Å². The molecule has 0 radical (unpaired) electrons. The van der Waals surface area contributed by atoms with Crippen LogP contribution in [0.4, 0.5) is 11.4 Å². The Labute approximate surface area is 122 Å². The van der Waals surface area contributed by atoms with Gasteiger partial charge in [0.05, 0.1) is 18.1 Å². The van der Waals surface area contributed by atoms with Gasteiger partial charge in [-0.05, 0) is 19.1 Å². The second-order valence-corrected chi connectivity index (χ2v) is 4.56. The van der Waals surface area contributed by atoms with Crippen LogP contribution in [0.2, 0.25) is 0 Å². The summed E-state index contributed by atoms with van der Waals surface area (Å²) in [7, 11) is 0. The van der Waals surface area contributed by atoms with Crippen LogP contribution in [0, 0.1) is 10.1 Å². The van der Waals surface area contributed by atoms with Gasteiger partial charge >= 0.3 is 0 Å². The number of nitrogens with one attached hydrogen (secondary N) is 2. The summed E-state index contributed by atoms with van der Waals surface area (Å²) >= 11 is 0. The van der Waals surface area contributed by atoms with Crippen molar-refractivity contribution in [2.45, 2.75) is 6.92 Å². The lowest BCUT2D eigenvalue weighted by molar-refractivity contribution is -0.384. The molecule has 0 bridgehead atoms. The van der Waals surface area contributed by atoms with Crippen molar-refractivity contribution < 1.29 is 14.5 Å². The zero-order chi connectivity index (χ0) is 15.2. The highest BCUT2D eigenvalue weighted by Gasteiger charge is 2.18. The van der Waals surface area contributed by atoms with E-state index in [1.165, 1.54) is 18.2 Å². The van der Waals surface area contributed by atoms with Crippen LogP contribution >= 0.6 is 0 Å². The first kappa shape index (κ1) is 15.2. The molecule has 0 aromatic heterocycles. The van der Waals surface area contributed by atoms with Crippen molar-refractivity contribution in [3.8, 4) is 0 Å². The molecule has 1 aliphatic rings. The van der Waals surface area contributed by atoms with Crippen LogP contribution in [0.15, 0.2) is 18.2 Å². The molecule has 1 amide bonds. The molecule has 1 aromatic carbocycles. The van der Waals surface area contributed by atoms with Gasteiger partial charge in [0.1, 0.15) is 5.69 Å². The minimum absolute atomic E-state index is 0.0419. The van der Waals surface area contributed by atoms with Gasteiger partial charge in [-0.3, -0.25) is 20.3 Å². The maximum Gasteiger partial charge on any atom is 0.292 e. The number of benzene rings is 1. The number of hydrogen-bond acceptors (Lipinski definition) is 6. The highest BCUT2D eigenvalue weighted by Crippen LogP contribution is 2.25. The number of nitro benzene ring substituents is 1. The van der Waals surface area contributed by atoms with Gasteiger partial charge in [-0.25, -0.2) is 5.01 Å². The minimum Gasteiger partial charge on any atom is -0.380 e. The van der Waals surface area contributed by atoms with Gasteiger partial charge in [0.25, 0.3) is 11.6 Å². The van der Waals surface area contributed by atoms with Crippen LogP contribution in [0.3, 0.4) is 0 Å². The van der Waals surface area contributed by atoms with Crippen LogP contribution < -0.4 is 10.7 Å². The topological polar surface area (TPSA) is 96.7 Å². The van der Waals surface area contributed by atoms with E-state index in [4.69, 9.17) is 4.74 Å². The Bertz CT molecular complexity index is 529. The Balaban J connectivity index is 2.13. The summed E-state index contributed by atoms with van der Waals surface area (Å²) in [6.07, 6.45) is 0. The Morgan fingerprint density at radius 2 is 2.14 bits per heavy atom. The van der Waals surface area contributed by atoms with E-state index in [-0.39, 0.29) is 11.6 Å². The van der Waals surface area contributed by atoms with E-state index in [0.717, 1.165) is 0 Å². The number of amides is 1. The molecule has 0 atom stereocenters. The third kappa shape index (κ3) is 3.89. The van der Waals surface area contributed by atoms with Gasteiger partial charge in [-0.1, -0.05) is 0 Å². The van der Waals surface area contributed by atoms with Crippen molar-refractivity contribution >= 4 is 17.3 Å². The summed E-state index contributed by atoms with van der Waals surface area (Å²) in [5.74, 6) is -0.286. The third-order valence-electron chi connectivity index (χ3n) is 3.09. The zero-order valence-corrected chi connectivity index (χ0v) is 11.8. The van der Waals surface area contributed by atoms with Crippen LogP contribution in [0.5, 0.6) is 0 Å². The van der Waals surface area contributed by atoms with Crippen molar-refractivity contribution in [2.75, 3.05) is 38.2 Å². The molecule has 2 rings (SSSR count). The molecule has 2 N–H and O–H groups in total. The standard InChI is InChI=1S/C13H18N4O4/c1-2-14-11-9-10(3-4-12(11)17(19)20)13(18)15-16-5-7-21-8-6-16/h3-4,9,14H,2,5-8H2,1H3,(H,15,18). The van der Waals surface area contributed by atoms with Crippen molar-refractivity contribution in [1.82, 2.24) is 10.4 Å². The quantitative estimate of drug-likeness (QED) is 0.621. The van der Waals surface area contributed by atoms with E-state index < -0.39 is 4.92 Å². The molecule has 1 aliphatic heterocycles. The fourth-order valence-electron chi connectivity index (χ4n) is 2.05. The number of ether oxygens (including phenoxy) is 1. The smallest absolute Gasteiger partial charge is 0.292 e. The van der Waals surface area contributed by atoms with E-state index in [1.54, 1.807) is 5.01 Å². The van der Waals surface area contributed by atoms with E-state index >= 15 is 0 Å².